The van der Waals surface area contributed by atoms with Crippen molar-refractivity contribution in [3.05, 3.63) is 55.8 Å². The van der Waals surface area contributed by atoms with Crippen molar-refractivity contribution >= 4 is 17.3 Å². The largest absolute Gasteiger partial charge is 0.508 e. The van der Waals surface area contributed by atoms with Crippen LogP contribution in [0.3, 0.4) is 0 Å². The van der Waals surface area contributed by atoms with Gasteiger partial charge >= 0.3 is 5.69 Å². The minimum atomic E-state index is -0.542. The van der Waals surface area contributed by atoms with E-state index in [2.05, 4.69) is 17.2 Å². The molecule has 6 nitrogen and oxygen atoms in total. The molecule has 0 amide bonds. The summed E-state index contributed by atoms with van der Waals surface area (Å²) in [5, 5.41) is 12.1. The number of nitrogens with one attached hydrogen (secondary N) is 1. The number of hydrogen-bond acceptors (Lipinski definition) is 4. The smallest absolute Gasteiger partial charge is 0.332 e. The summed E-state index contributed by atoms with van der Waals surface area (Å²) in [5.74, 6) is 5.74. The Hall–Kier alpha value is -2.65. The Morgan fingerprint density at radius 3 is 2.73 bits per heavy atom. The van der Waals surface area contributed by atoms with Crippen LogP contribution in [-0.4, -0.2) is 21.3 Å². The maximum absolute atomic E-state index is 12.1. The van der Waals surface area contributed by atoms with E-state index in [1.54, 1.807) is 25.2 Å². The van der Waals surface area contributed by atoms with E-state index in [4.69, 9.17) is 11.6 Å². The minimum Gasteiger partial charge on any atom is -0.508 e. The number of aromatic nitrogens is 2. The molecule has 1 aromatic carbocycles. The van der Waals surface area contributed by atoms with Gasteiger partial charge in [-0.15, -0.1) is 0 Å². The number of nitrogens with zero attached hydrogens (tertiary/aromatic N) is 2. The lowest BCUT2D eigenvalue weighted by molar-refractivity contribution is 0.475. The van der Waals surface area contributed by atoms with E-state index < -0.39 is 11.2 Å². The number of rotatable bonds is 2. The first-order chi connectivity index (χ1) is 10.5. The van der Waals surface area contributed by atoms with Crippen molar-refractivity contribution in [1.29, 1.82) is 0 Å². The quantitative estimate of drug-likeness (QED) is 0.639. The second-order valence-corrected chi connectivity index (χ2v) is 4.86. The van der Waals surface area contributed by atoms with Crippen LogP contribution in [0.25, 0.3) is 0 Å². The average molecular weight is 320 g/mol. The summed E-state index contributed by atoms with van der Waals surface area (Å²) < 4.78 is 2.17. The molecule has 7 heteroatoms. The molecule has 0 bridgehead atoms. The van der Waals surface area contributed by atoms with Crippen LogP contribution in [0.5, 0.6) is 5.75 Å². The van der Waals surface area contributed by atoms with E-state index in [0.29, 0.717) is 5.56 Å². The molecule has 1 heterocycles. The standard InChI is InChI=1S/C15H14ClN3O3/c1-17-12-13(16)19(15(22)18(2)14(12)21)8-4-6-10-5-3-7-11(20)9-10/h3,5,7,9,17,20H,8H2,1-2H3. The molecule has 2 rings (SSSR count). The van der Waals surface area contributed by atoms with Gasteiger partial charge in [0.1, 0.15) is 16.6 Å². The number of phenols is 1. The van der Waals surface area contributed by atoms with E-state index in [1.165, 1.54) is 17.7 Å². The molecule has 0 unspecified atom stereocenters. The highest BCUT2D eigenvalue weighted by Gasteiger charge is 2.13. The molecule has 0 aliphatic rings. The normalized spacial score (nSPS) is 9.95. The van der Waals surface area contributed by atoms with Gasteiger partial charge in [-0.1, -0.05) is 29.5 Å². The first-order valence-electron chi connectivity index (χ1n) is 6.40. The monoisotopic (exact) mass is 319 g/mol. The van der Waals surface area contributed by atoms with Crippen LogP contribution in [-0.2, 0) is 13.6 Å². The molecular weight excluding hydrogens is 306 g/mol. The fourth-order valence-electron chi connectivity index (χ4n) is 1.89. The van der Waals surface area contributed by atoms with Crippen molar-refractivity contribution < 1.29 is 5.11 Å². The second kappa shape index (κ2) is 6.41. The summed E-state index contributed by atoms with van der Waals surface area (Å²) in [6, 6.07) is 6.45. The van der Waals surface area contributed by atoms with E-state index in [-0.39, 0.29) is 23.1 Å². The molecule has 114 valence electrons. The third kappa shape index (κ3) is 3.00. The van der Waals surface area contributed by atoms with Crippen molar-refractivity contribution in [3.8, 4) is 17.6 Å². The Kier molecular flexibility index (Phi) is 4.59. The summed E-state index contributed by atoms with van der Waals surface area (Å²) in [7, 11) is 2.93. The second-order valence-electron chi connectivity index (χ2n) is 4.50. The van der Waals surface area contributed by atoms with Gasteiger partial charge in [-0.3, -0.25) is 13.9 Å². The lowest BCUT2D eigenvalue weighted by atomic mass is 10.2. The Morgan fingerprint density at radius 2 is 2.09 bits per heavy atom. The fourth-order valence-corrected chi connectivity index (χ4v) is 2.20. The van der Waals surface area contributed by atoms with Gasteiger partial charge in [0.25, 0.3) is 5.56 Å². The third-order valence-corrected chi connectivity index (χ3v) is 3.44. The number of phenolic OH excluding ortho intramolecular Hbond substituents is 1. The topological polar surface area (TPSA) is 76.3 Å². The van der Waals surface area contributed by atoms with Crippen molar-refractivity contribution in [1.82, 2.24) is 9.13 Å². The number of benzene rings is 1. The zero-order chi connectivity index (χ0) is 16.3. The van der Waals surface area contributed by atoms with Gasteiger partial charge in [-0.2, -0.15) is 0 Å². The molecule has 22 heavy (non-hydrogen) atoms. The summed E-state index contributed by atoms with van der Waals surface area (Å²) >= 11 is 6.08. The van der Waals surface area contributed by atoms with E-state index in [9.17, 15) is 14.7 Å². The van der Waals surface area contributed by atoms with Crippen molar-refractivity contribution in [2.45, 2.75) is 6.54 Å². The number of halogens is 1. The van der Waals surface area contributed by atoms with E-state index >= 15 is 0 Å². The summed E-state index contributed by atoms with van der Waals surface area (Å²) in [4.78, 5) is 23.9. The van der Waals surface area contributed by atoms with Crippen molar-refractivity contribution in [2.75, 3.05) is 12.4 Å². The SMILES string of the molecule is CNc1c(Cl)n(CC#Cc2cccc(O)c2)c(=O)n(C)c1=O. The van der Waals surface area contributed by atoms with Crippen molar-refractivity contribution in [2.24, 2.45) is 7.05 Å². The molecule has 0 saturated carbocycles. The summed E-state index contributed by atoms with van der Waals surface area (Å²) in [6.45, 7) is 0.0239. The highest BCUT2D eigenvalue weighted by molar-refractivity contribution is 6.32. The van der Waals surface area contributed by atoms with Gasteiger partial charge in [-0.05, 0) is 18.2 Å². The highest BCUT2D eigenvalue weighted by Crippen LogP contribution is 2.14. The van der Waals surface area contributed by atoms with Gasteiger partial charge in [0.05, 0.1) is 6.54 Å². The predicted octanol–water partition coefficient (Wildman–Crippen LogP) is 0.999. The molecule has 2 N–H and O–H groups in total. The average Bonchev–Trinajstić information content (AvgIpc) is 2.49. The van der Waals surface area contributed by atoms with Crippen LogP contribution < -0.4 is 16.6 Å². The maximum Gasteiger partial charge on any atom is 0.332 e. The summed E-state index contributed by atoms with van der Waals surface area (Å²) in [6.07, 6.45) is 0. The highest BCUT2D eigenvalue weighted by atomic mass is 35.5. The zero-order valence-electron chi connectivity index (χ0n) is 12.1. The van der Waals surface area contributed by atoms with Crippen molar-refractivity contribution in [3.63, 3.8) is 0 Å². The molecule has 0 aliphatic heterocycles. The molecule has 0 aliphatic carbocycles. The molecule has 0 spiro atoms. The van der Waals surface area contributed by atoms with Crippen LogP contribution in [0.2, 0.25) is 5.15 Å². The van der Waals surface area contributed by atoms with Gasteiger partial charge < -0.3 is 10.4 Å². The zero-order valence-corrected chi connectivity index (χ0v) is 12.8. The number of aromatic hydroxyl groups is 1. The van der Waals surface area contributed by atoms with E-state index in [1.807, 2.05) is 0 Å². The van der Waals surface area contributed by atoms with Gasteiger partial charge in [0.2, 0.25) is 0 Å². The molecule has 0 atom stereocenters. The Bertz CT molecular complexity index is 888. The lowest BCUT2D eigenvalue weighted by Crippen LogP contribution is -2.39. The van der Waals surface area contributed by atoms with Gasteiger partial charge in [0, 0.05) is 19.7 Å². The maximum atomic E-state index is 12.1. The molecule has 1 aromatic heterocycles. The summed E-state index contributed by atoms with van der Waals surface area (Å²) in [5.41, 5.74) is -0.278. The Morgan fingerprint density at radius 1 is 1.36 bits per heavy atom. The first-order valence-corrected chi connectivity index (χ1v) is 6.78. The Balaban J connectivity index is 2.42. The number of anilines is 1. The minimum absolute atomic E-state index is 0.0146. The van der Waals surface area contributed by atoms with Crippen LogP contribution >= 0.6 is 11.6 Å². The molecule has 0 radical (unpaired) electrons. The lowest BCUT2D eigenvalue weighted by Gasteiger charge is -2.11. The predicted molar refractivity (Wildman–Crippen MR) is 85.5 cm³/mol. The third-order valence-electron chi connectivity index (χ3n) is 3.05. The van der Waals surface area contributed by atoms with E-state index in [0.717, 1.165) is 4.57 Å². The Labute approximate surface area is 131 Å². The molecular formula is C15H14ClN3O3. The first kappa shape index (κ1) is 15.7. The molecule has 2 aromatic rings. The number of hydrogen-bond donors (Lipinski definition) is 2. The molecule has 0 fully saturated rings. The van der Waals surface area contributed by atoms with Crippen LogP contribution in [0.1, 0.15) is 5.56 Å². The molecule has 0 saturated heterocycles. The van der Waals surface area contributed by atoms with Gasteiger partial charge in [-0.25, -0.2) is 4.79 Å². The van der Waals surface area contributed by atoms with Crippen LogP contribution in [0.15, 0.2) is 33.9 Å². The van der Waals surface area contributed by atoms with Crippen LogP contribution in [0.4, 0.5) is 5.69 Å². The fraction of sp³-hybridized carbons (Fsp3) is 0.200. The van der Waals surface area contributed by atoms with Crippen LogP contribution in [0, 0.1) is 11.8 Å². The van der Waals surface area contributed by atoms with Gasteiger partial charge in [0.15, 0.2) is 0 Å².